The number of carbonyl (C=O) groups excluding carboxylic acids is 1. The van der Waals surface area contributed by atoms with Crippen LogP contribution < -0.4 is 0 Å². The fourth-order valence-electron chi connectivity index (χ4n) is 3.60. The summed E-state index contributed by atoms with van der Waals surface area (Å²) in [6.45, 7) is 2.88. The van der Waals surface area contributed by atoms with Crippen LogP contribution in [0.25, 0.3) is 0 Å². The molecule has 3 rings (SSSR count). The number of para-hydroxylation sites is 1. The van der Waals surface area contributed by atoms with Crippen molar-refractivity contribution < 1.29 is 15.0 Å². The lowest BCUT2D eigenvalue weighted by atomic mass is 9.91. The molecule has 0 aromatic heterocycles. The number of carbonyl (C=O) groups is 1. The molecular formula is C17H24N2O3. The Morgan fingerprint density at radius 1 is 1.05 bits per heavy atom. The van der Waals surface area contributed by atoms with E-state index in [4.69, 9.17) is 0 Å². The van der Waals surface area contributed by atoms with Gasteiger partial charge in [0.1, 0.15) is 5.75 Å². The number of aromatic hydroxyl groups is 1. The normalized spacial score (nSPS) is 26.9. The van der Waals surface area contributed by atoms with Gasteiger partial charge in [-0.15, -0.1) is 0 Å². The van der Waals surface area contributed by atoms with E-state index >= 15 is 0 Å². The molecule has 1 heterocycles. The van der Waals surface area contributed by atoms with Crippen LogP contribution in [0, 0.1) is 0 Å². The highest BCUT2D eigenvalue weighted by atomic mass is 16.3. The number of nitrogens with zero attached hydrogens (tertiary/aromatic N) is 2. The van der Waals surface area contributed by atoms with Crippen molar-refractivity contribution in [3.05, 3.63) is 29.8 Å². The van der Waals surface area contributed by atoms with E-state index in [0.29, 0.717) is 18.7 Å². The number of aliphatic hydroxyl groups excluding tert-OH is 1. The fraction of sp³-hybridized carbons (Fsp3) is 0.588. The zero-order valence-electron chi connectivity index (χ0n) is 12.8. The van der Waals surface area contributed by atoms with E-state index in [-0.39, 0.29) is 23.8 Å². The van der Waals surface area contributed by atoms with Crippen molar-refractivity contribution in [1.29, 1.82) is 0 Å². The molecule has 0 radical (unpaired) electrons. The largest absolute Gasteiger partial charge is 0.507 e. The molecule has 1 aromatic rings. The molecule has 0 spiro atoms. The maximum atomic E-state index is 12.5. The number of hydrogen-bond donors (Lipinski definition) is 2. The molecule has 1 aromatic carbocycles. The lowest BCUT2D eigenvalue weighted by Crippen LogP contribution is -2.55. The van der Waals surface area contributed by atoms with Crippen LogP contribution in [0.5, 0.6) is 5.75 Å². The summed E-state index contributed by atoms with van der Waals surface area (Å²) in [4.78, 5) is 16.6. The minimum Gasteiger partial charge on any atom is -0.507 e. The first-order chi connectivity index (χ1) is 10.7. The van der Waals surface area contributed by atoms with Crippen LogP contribution in [0.3, 0.4) is 0 Å². The van der Waals surface area contributed by atoms with Crippen molar-refractivity contribution in [3.8, 4) is 5.75 Å². The molecular weight excluding hydrogens is 280 g/mol. The molecule has 5 nitrogen and oxygen atoms in total. The third-order valence-corrected chi connectivity index (χ3v) is 4.90. The van der Waals surface area contributed by atoms with Gasteiger partial charge in [0.15, 0.2) is 0 Å². The predicted molar refractivity (Wildman–Crippen MR) is 83.8 cm³/mol. The third kappa shape index (κ3) is 3.10. The molecule has 1 saturated heterocycles. The van der Waals surface area contributed by atoms with Crippen LogP contribution in [0.15, 0.2) is 24.3 Å². The Kier molecular flexibility index (Phi) is 4.64. The standard InChI is InChI=1S/C17H24N2O3/c20-15-7-3-1-5-13(15)17(22)19-11-9-18(10-12-19)14-6-2-4-8-16(14)21/h1,3,5,7,14,16,20-21H,2,4,6,8-12H2. The van der Waals surface area contributed by atoms with Crippen molar-refractivity contribution in [2.75, 3.05) is 26.2 Å². The third-order valence-electron chi connectivity index (χ3n) is 4.90. The van der Waals surface area contributed by atoms with Gasteiger partial charge in [0.2, 0.25) is 0 Å². The van der Waals surface area contributed by atoms with Crippen LogP contribution >= 0.6 is 0 Å². The number of benzene rings is 1. The number of hydrogen-bond acceptors (Lipinski definition) is 4. The minimum absolute atomic E-state index is 0.0395. The van der Waals surface area contributed by atoms with Gasteiger partial charge in [0.05, 0.1) is 11.7 Å². The number of phenols is 1. The first-order valence-corrected chi connectivity index (χ1v) is 8.16. The van der Waals surface area contributed by atoms with Gasteiger partial charge < -0.3 is 15.1 Å². The first kappa shape index (κ1) is 15.3. The number of amides is 1. The highest BCUT2D eigenvalue weighted by molar-refractivity contribution is 5.96. The molecule has 1 amide bonds. The summed E-state index contributed by atoms with van der Waals surface area (Å²) in [5, 5.41) is 20.0. The Balaban J connectivity index is 1.60. The zero-order valence-corrected chi connectivity index (χ0v) is 12.8. The molecule has 0 bridgehead atoms. The molecule has 120 valence electrons. The fourth-order valence-corrected chi connectivity index (χ4v) is 3.60. The molecule has 5 heteroatoms. The molecule has 1 saturated carbocycles. The summed E-state index contributed by atoms with van der Waals surface area (Å²) in [7, 11) is 0. The molecule has 22 heavy (non-hydrogen) atoms. The monoisotopic (exact) mass is 304 g/mol. The molecule has 2 aliphatic rings. The van der Waals surface area contributed by atoms with E-state index in [1.807, 2.05) is 0 Å². The summed E-state index contributed by atoms with van der Waals surface area (Å²) in [6, 6.07) is 6.93. The van der Waals surface area contributed by atoms with Gasteiger partial charge in [-0.1, -0.05) is 25.0 Å². The number of phenolic OH excluding ortho intramolecular Hbond substituents is 1. The Morgan fingerprint density at radius 3 is 2.41 bits per heavy atom. The number of aliphatic hydroxyl groups is 1. The second-order valence-corrected chi connectivity index (χ2v) is 6.26. The van der Waals surface area contributed by atoms with Crippen molar-refractivity contribution in [2.45, 2.75) is 37.8 Å². The summed E-state index contributed by atoms with van der Waals surface area (Å²) in [6.07, 6.45) is 4.01. The summed E-state index contributed by atoms with van der Waals surface area (Å²) >= 11 is 0. The lowest BCUT2D eigenvalue weighted by molar-refractivity contribution is -0.00176. The van der Waals surface area contributed by atoms with E-state index < -0.39 is 0 Å². The van der Waals surface area contributed by atoms with E-state index in [1.165, 1.54) is 6.42 Å². The second kappa shape index (κ2) is 6.67. The highest BCUT2D eigenvalue weighted by Gasteiger charge is 2.32. The Morgan fingerprint density at radius 2 is 1.73 bits per heavy atom. The van der Waals surface area contributed by atoms with E-state index in [0.717, 1.165) is 32.4 Å². The van der Waals surface area contributed by atoms with Gasteiger partial charge in [-0.2, -0.15) is 0 Å². The van der Waals surface area contributed by atoms with E-state index in [2.05, 4.69) is 4.90 Å². The molecule has 1 aliphatic heterocycles. The molecule has 2 unspecified atom stereocenters. The van der Waals surface area contributed by atoms with E-state index in [1.54, 1.807) is 29.2 Å². The van der Waals surface area contributed by atoms with Crippen molar-refractivity contribution in [2.24, 2.45) is 0 Å². The SMILES string of the molecule is O=C(c1ccccc1O)N1CCN(C2CCCCC2O)CC1. The predicted octanol–water partition coefficient (Wildman–Crippen LogP) is 1.45. The maximum absolute atomic E-state index is 12.5. The average molecular weight is 304 g/mol. The van der Waals surface area contributed by atoms with Crippen molar-refractivity contribution >= 4 is 5.91 Å². The second-order valence-electron chi connectivity index (χ2n) is 6.26. The first-order valence-electron chi connectivity index (χ1n) is 8.16. The Hall–Kier alpha value is -1.59. The van der Waals surface area contributed by atoms with Gasteiger partial charge in [-0.3, -0.25) is 9.69 Å². The smallest absolute Gasteiger partial charge is 0.257 e. The van der Waals surface area contributed by atoms with Gasteiger partial charge in [0, 0.05) is 32.2 Å². The van der Waals surface area contributed by atoms with Gasteiger partial charge in [-0.05, 0) is 25.0 Å². The van der Waals surface area contributed by atoms with Crippen LogP contribution in [0.4, 0.5) is 0 Å². The number of rotatable bonds is 2. The summed E-state index contributed by atoms with van der Waals surface area (Å²) < 4.78 is 0. The van der Waals surface area contributed by atoms with Crippen LogP contribution in [0.2, 0.25) is 0 Å². The van der Waals surface area contributed by atoms with Crippen LogP contribution in [-0.2, 0) is 0 Å². The highest BCUT2D eigenvalue weighted by Crippen LogP contribution is 2.25. The topological polar surface area (TPSA) is 64.0 Å². The van der Waals surface area contributed by atoms with Crippen molar-refractivity contribution in [1.82, 2.24) is 9.80 Å². The van der Waals surface area contributed by atoms with E-state index in [9.17, 15) is 15.0 Å². The zero-order chi connectivity index (χ0) is 15.5. The minimum atomic E-state index is -0.228. The van der Waals surface area contributed by atoms with Gasteiger partial charge in [0.25, 0.3) is 5.91 Å². The molecule has 2 fully saturated rings. The maximum Gasteiger partial charge on any atom is 0.257 e. The summed E-state index contributed by atoms with van der Waals surface area (Å²) in [5.74, 6) is -0.0698. The van der Waals surface area contributed by atoms with Crippen LogP contribution in [-0.4, -0.2) is 64.2 Å². The lowest BCUT2D eigenvalue weighted by Gasteiger charge is -2.42. The Labute approximate surface area is 131 Å². The average Bonchev–Trinajstić information content (AvgIpc) is 2.55. The Bertz CT molecular complexity index is 526. The molecule has 2 atom stereocenters. The summed E-state index contributed by atoms with van der Waals surface area (Å²) in [5.41, 5.74) is 0.369. The molecule has 1 aliphatic carbocycles. The van der Waals surface area contributed by atoms with Crippen LogP contribution in [0.1, 0.15) is 36.0 Å². The number of piperazine rings is 1. The van der Waals surface area contributed by atoms with Gasteiger partial charge >= 0.3 is 0 Å². The molecule has 2 N–H and O–H groups in total. The quantitative estimate of drug-likeness (QED) is 0.868. The van der Waals surface area contributed by atoms with Gasteiger partial charge in [-0.25, -0.2) is 0 Å². The van der Waals surface area contributed by atoms with Crippen molar-refractivity contribution in [3.63, 3.8) is 0 Å².